The van der Waals surface area contributed by atoms with Gasteiger partial charge in [-0.15, -0.1) is 0 Å². The van der Waals surface area contributed by atoms with Gasteiger partial charge in [-0.3, -0.25) is 24.6 Å². The molecule has 2 aromatic carbocycles. The number of carbonyl (C=O) groups is 3. The molecule has 1 saturated heterocycles. The van der Waals surface area contributed by atoms with E-state index in [1.807, 2.05) is 0 Å². The summed E-state index contributed by atoms with van der Waals surface area (Å²) in [5.41, 5.74) is -0.00893. The SMILES string of the molecule is O=C1NC(=O)N(Cc2ccccc2)C(=O)C1=Cc1coc2ccc(O)cc2c1=O. The average molecular weight is 390 g/mol. The van der Waals surface area contributed by atoms with Crippen LogP contribution in [0.15, 0.2) is 69.6 Å². The Hall–Kier alpha value is -4.20. The zero-order chi connectivity index (χ0) is 20.5. The molecule has 144 valence electrons. The zero-order valence-corrected chi connectivity index (χ0v) is 14.9. The van der Waals surface area contributed by atoms with Gasteiger partial charge < -0.3 is 9.52 Å². The van der Waals surface area contributed by atoms with E-state index in [0.29, 0.717) is 5.56 Å². The number of nitrogens with one attached hydrogen (secondary N) is 1. The number of barbiturate groups is 1. The van der Waals surface area contributed by atoms with E-state index >= 15 is 0 Å². The number of carbonyl (C=O) groups excluding carboxylic acids is 3. The summed E-state index contributed by atoms with van der Waals surface area (Å²) in [5.74, 6) is -1.85. The molecular weight excluding hydrogens is 376 g/mol. The quantitative estimate of drug-likeness (QED) is 0.523. The van der Waals surface area contributed by atoms with E-state index in [-0.39, 0.29) is 34.4 Å². The molecule has 29 heavy (non-hydrogen) atoms. The standard InChI is InChI=1S/C21H14N2O6/c24-14-6-7-17-15(9-14)18(25)13(11-29-17)8-16-19(26)22-21(28)23(20(16)27)10-12-4-2-1-3-5-12/h1-9,11,24H,10H2,(H,22,26,28). The van der Waals surface area contributed by atoms with E-state index in [1.165, 1.54) is 18.2 Å². The van der Waals surface area contributed by atoms with Crippen molar-refractivity contribution < 1.29 is 23.9 Å². The van der Waals surface area contributed by atoms with Crippen molar-refractivity contribution in [3.63, 3.8) is 0 Å². The van der Waals surface area contributed by atoms with Gasteiger partial charge in [0.05, 0.1) is 17.5 Å². The number of fused-ring (bicyclic) bond motifs is 1. The number of benzene rings is 2. The lowest BCUT2D eigenvalue weighted by Crippen LogP contribution is -2.53. The highest BCUT2D eigenvalue weighted by Crippen LogP contribution is 2.20. The molecule has 1 aliphatic rings. The molecule has 4 rings (SSSR count). The summed E-state index contributed by atoms with van der Waals surface area (Å²) in [4.78, 5) is 50.7. The number of rotatable bonds is 3. The Balaban J connectivity index is 1.74. The maximum atomic E-state index is 12.8. The molecule has 8 heteroatoms. The summed E-state index contributed by atoms with van der Waals surface area (Å²) in [6.45, 7) is -0.0314. The van der Waals surface area contributed by atoms with Crippen LogP contribution in [-0.2, 0) is 16.1 Å². The van der Waals surface area contributed by atoms with Crippen LogP contribution < -0.4 is 10.7 Å². The van der Waals surface area contributed by atoms with Gasteiger partial charge in [-0.1, -0.05) is 30.3 Å². The Labute approximate surface area is 163 Å². The summed E-state index contributed by atoms with van der Waals surface area (Å²) >= 11 is 0. The zero-order valence-electron chi connectivity index (χ0n) is 14.9. The first-order valence-electron chi connectivity index (χ1n) is 8.61. The van der Waals surface area contributed by atoms with Gasteiger partial charge in [0.2, 0.25) is 0 Å². The van der Waals surface area contributed by atoms with E-state index in [1.54, 1.807) is 30.3 Å². The van der Waals surface area contributed by atoms with Crippen LogP contribution >= 0.6 is 0 Å². The fourth-order valence-corrected chi connectivity index (χ4v) is 2.99. The first kappa shape index (κ1) is 18.2. The lowest BCUT2D eigenvalue weighted by Gasteiger charge is -2.26. The maximum absolute atomic E-state index is 12.8. The van der Waals surface area contributed by atoms with Crippen molar-refractivity contribution in [3.05, 3.63) is 81.7 Å². The van der Waals surface area contributed by atoms with E-state index in [0.717, 1.165) is 17.2 Å². The molecule has 3 aromatic rings. The molecule has 8 nitrogen and oxygen atoms in total. The Morgan fingerprint density at radius 3 is 2.55 bits per heavy atom. The van der Waals surface area contributed by atoms with Gasteiger partial charge >= 0.3 is 6.03 Å². The molecule has 0 bridgehead atoms. The minimum absolute atomic E-state index is 0.0314. The fourth-order valence-electron chi connectivity index (χ4n) is 2.99. The third-order valence-corrected chi connectivity index (χ3v) is 4.45. The van der Waals surface area contributed by atoms with Crippen LogP contribution in [0.1, 0.15) is 11.1 Å². The second-order valence-corrected chi connectivity index (χ2v) is 6.39. The molecular formula is C21H14N2O6. The first-order valence-corrected chi connectivity index (χ1v) is 8.61. The Kier molecular flexibility index (Phi) is 4.44. The molecule has 1 fully saturated rings. The number of imide groups is 2. The van der Waals surface area contributed by atoms with E-state index in [9.17, 15) is 24.3 Å². The Morgan fingerprint density at radius 1 is 1.03 bits per heavy atom. The van der Waals surface area contributed by atoms with Gasteiger partial charge in [0, 0.05) is 0 Å². The van der Waals surface area contributed by atoms with Crippen molar-refractivity contribution >= 4 is 34.9 Å². The number of phenolic OH excluding ortho intramolecular Hbond substituents is 1. The first-order chi connectivity index (χ1) is 13.9. The predicted molar refractivity (Wildman–Crippen MR) is 103 cm³/mol. The number of phenols is 1. The molecule has 0 saturated carbocycles. The van der Waals surface area contributed by atoms with Gasteiger partial charge in [-0.25, -0.2) is 4.79 Å². The monoisotopic (exact) mass is 390 g/mol. The Morgan fingerprint density at radius 2 is 1.79 bits per heavy atom. The molecule has 2 heterocycles. The minimum Gasteiger partial charge on any atom is -0.508 e. The fraction of sp³-hybridized carbons (Fsp3) is 0.0476. The van der Waals surface area contributed by atoms with Crippen molar-refractivity contribution in [3.8, 4) is 5.75 Å². The minimum atomic E-state index is -0.903. The van der Waals surface area contributed by atoms with Crippen LogP contribution in [0.2, 0.25) is 0 Å². The van der Waals surface area contributed by atoms with Crippen molar-refractivity contribution in [1.29, 1.82) is 0 Å². The lowest BCUT2D eigenvalue weighted by atomic mass is 10.1. The lowest BCUT2D eigenvalue weighted by molar-refractivity contribution is -0.130. The number of aromatic hydroxyl groups is 1. The van der Waals surface area contributed by atoms with Gasteiger partial charge in [-0.05, 0) is 29.8 Å². The van der Waals surface area contributed by atoms with Gasteiger partial charge in [0.15, 0.2) is 5.43 Å². The summed E-state index contributed by atoms with van der Waals surface area (Å²) in [6, 6.07) is 12.0. The van der Waals surface area contributed by atoms with Crippen LogP contribution in [-0.4, -0.2) is 27.9 Å². The second-order valence-electron chi connectivity index (χ2n) is 6.39. The van der Waals surface area contributed by atoms with Gasteiger partial charge in [0.1, 0.15) is 23.2 Å². The molecule has 4 amide bonds. The molecule has 0 spiro atoms. The molecule has 0 unspecified atom stereocenters. The highest BCUT2D eigenvalue weighted by atomic mass is 16.3. The number of hydrogen-bond acceptors (Lipinski definition) is 6. The number of hydrogen-bond donors (Lipinski definition) is 2. The van der Waals surface area contributed by atoms with Crippen molar-refractivity contribution in [2.45, 2.75) is 6.54 Å². The van der Waals surface area contributed by atoms with Gasteiger partial charge in [-0.2, -0.15) is 0 Å². The smallest absolute Gasteiger partial charge is 0.331 e. The highest BCUT2D eigenvalue weighted by molar-refractivity contribution is 6.31. The topological polar surface area (TPSA) is 117 Å². The third-order valence-electron chi connectivity index (χ3n) is 4.45. The van der Waals surface area contributed by atoms with Gasteiger partial charge in [0.25, 0.3) is 11.8 Å². The number of nitrogens with zero attached hydrogens (tertiary/aromatic N) is 1. The largest absolute Gasteiger partial charge is 0.508 e. The Bertz CT molecular complexity index is 1240. The van der Waals surface area contributed by atoms with E-state index in [2.05, 4.69) is 5.32 Å². The summed E-state index contributed by atoms with van der Waals surface area (Å²) in [5, 5.41) is 11.8. The van der Waals surface area contributed by atoms with E-state index in [4.69, 9.17) is 4.42 Å². The second kappa shape index (κ2) is 7.08. The molecule has 0 aliphatic carbocycles. The van der Waals surface area contributed by atoms with Crippen molar-refractivity contribution in [2.75, 3.05) is 0 Å². The molecule has 0 atom stereocenters. The number of amides is 4. The van der Waals surface area contributed by atoms with Crippen LogP contribution in [0.25, 0.3) is 17.0 Å². The van der Waals surface area contributed by atoms with Crippen molar-refractivity contribution in [2.24, 2.45) is 0 Å². The van der Waals surface area contributed by atoms with Crippen molar-refractivity contribution in [1.82, 2.24) is 10.2 Å². The molecule has 1 aromatic heterocycles. The summed E-state index contributed by atoms with van der Waals surface area (Å²) in [7, 11) is 0. The van der Waals surface area contributed by atoms with E-state index < -0.39 is 23.3 Å². The summed E-state index contributed by atoms with van der Waals surface area (Å²) < 4.78 is 5.36. The molecule has 1 aliphatic heterocycles. The average Bonchev–Trinajstić information content (AvgIpc) is 2.71. The predicted octanol–water partition coefficient (Wildman–Crippen LogP) is 2.16. The van der Waals surface area contributed by atoms with Crippen LogP contribution in [0.4, 0.5) is 4.79 Å². The third kappa shape index (κ3) is 3.39. The van der Waals surface area contributed by atoms with Crippen LogP contribution in [0.3, 0.4) is 0 Å². The molecule has 2 N–H and O–H groups in total. The number of urea groups is 1. The highest BCUT2D eigenvalue weighted by Gasteiger charge is 2.35. The maximum Gasteiger partial charge on any atom is 0.331 e. The normalized spacial score (nSPS) is 15.8. The molecule has 0 radical (unpaired) electrons. The van der Waals surface area contributed by atoms with Crippen LogP contribution in [0.5, 0.6) is 5.75 Å². The summed E-state index contributed by atoms with van der Waals surface area (Å²) in [6.07, 6.45) is 2.20. The van der Waals surface area contributed by atoms with Crippen LogP contribution in [0, 0.1) is 0 Å².